The Morgan fingerprint density at radius 1 is 1.29 bits per heavy atom. The van der Waals surface area contributed by atoms with Crippen LogP contribution < -0.4 is 5.73 Å². The maximum Gasteiger partial charge on any atom is 0.244 e. The van der Waals surface area contributed by atoms with Gasteiger partial charge in [0.15, 0.2) is 0 Å². The van der Waals surface area contributed by atoms with Gasteiger partial charge >= 0.3 is 0 Å². The molecule has 0 aliphatic rings. The molecule has 0 saturated carbocycles. The quantitative estimate of drug-likeness (QED) is 0.875. The van der Waals surface area contributed by atoms with Crippen molar-refractivity contribution in [2.24, 2.45) is 5.73 Å². The van der Waals surface area contributed by atoms with E-state index in [9.17, 15) is 8.42 Å². The Labute approximate surface area is 133 Å². The molecule has 2 N–H and O–H groups in total. The van der Waals surface area contributed by atoms with Crippen molar-refractivity contribution < 1.29 is 8.42 Å². The van der Waals surface area contributed by atoms with Crippen LogP contribution in [0, 0.1) is 0 Å². The van der Waals surface area contributed by atoms with Gasteiger partial charge in [0.1, 0.15) is 0 Å². The Bertz CT molecular complexity index is 720. The van der Waals surface area contributed by atoms with Gasteiger partial charge in [-0.05, 0) is 45.8 Å². The highest BCUT2D eigenvalue weighted by Gasteiger charge is 2.24. The van der Waals surface area contributed by atoms with E-state index in [0.717, 1.165) is 5.56 Å². The van der Waals surface area contributed by atoms with Crippen LogP contribution in [-0.4, -0.2) is 24.8 Å². The van der Waals surface area contributed by atoms with E-state index in [1.54, 1.807) is 36.5 Å². The third-order valence-corrected chi connectivity index (χ3v) is 5.83. The molecule has 1 heterocycles. The number of aromatic nitrogens is 1. The Morgan fingerprint density at radius 3 is 2.67 bits per heavy atom. The second kappa shape index (κ2) is 6.65. The van der Waals surface area contributed by atoms with Crippen LogP contribution in [0.1, 0.15) is 11.3 Å². The van der Waals surface area contributed by atoms with Gasteiger partial charge in [0.25, 0.3) is 0 Å². The smallest absolute Gasteiger partial charge is 0.244 e. The average molecular weight is 370 g/mol. The van der Waals surface area contributed by atoms with Crippen LogP contribution in [0.5, 0.6) is 0 Å². The first-order valence-electron chi connectivity index (χ1n) is 6.30. The molecule has 0 radical (unpaired) electrons. The molecule has 1 aromatic carbocycles. The van der Waals surface area contributed by atoms with Crippen LogP contribution >= 0.6 is 15.9 Å². The van der Waals surface area contributed by atoms with E-state index >= 15 is 0 Å². The molecule has 2 rings (SSSR count). The summed E-state index contributed by atoms with van der Waals surface area (Å²) in [4.78, 5) is 4.36. The third kappa shape index (κ3) is 3.68. The lowest BCUT2D eigenvalue weighted by Gasteiger charge is -2.18. The zero-order valence-corrected chi connectivity index (χ0v) is 13.9. The molecule has 0 bridgehead atoms. The number of hydrogen-bond acceptors (Lipinski definition) is 4. The number of halogens is 1. The van der Waals surface area contributed by atoms with Gasteiger partial charge in [-0.2, -0.15) is 4.31 Å². The lowest BCUT2D eigenvalue weighted by atomic mass is 10.2. The summed E-state index contributed by atoms with van der Waals surface area (Å²) < 4.78 is 27.1. The first-order valence-corrected chi connectivity index (χ1v) is 8.53. The Balaban J connectivity index is 2.33. The predicted octanol–water partition coefficient (Wildman–Crippen LogP) is 2.12. The van der Waals surface area contributed by atoms with Crippen LogP contribution in [0.15, 0.2) is 52.0 Å². The zero-order chi connectivity index (χ0) is 15.5. The summed E-state index contributed by atoms with van der Waals surface area (Å²) in [5, 5.41) is 0. The highest BCUT2D eigenvalue weighted by atomic mass is 79.9. The number of benzene rings is 1. The number of hydrogen-bond donors (Lipinski definition) is 1. The molecule has 0 fully saturated rings. The molecule has 0 unspecified atom stereocenters. The van der Waals surface area contributed by atoms with Gasteiger partial charge in [-0.3, -0.25) is 4.98 Å². The summed E-state index contributed by atoms with van der Waals surface area (Å²) in [6, 6.07) is 10.5. The van der Waals surface area contributed by atoms with Crippen molar-refractivity contribution in [3.63, 3.8) is 0 Å². The summed E-state index contributed by atoms with van der Waals surface area (Å²) in [5.74, 6) is 0. The average Bonchev–Trinajstić information content (AvgIpc) is 2.48. The van der Waals surface area contributed by atoms with Crippen molar-refractivity contribution in [3.8, 4) is 0 Å². The van der Waals surface area contributed by atoms with E-state index in [2.05, 4.69) is 20.9 Å². The van der Waals surface area contributed by atoms with Crippen molar-refractivity contribution in [2.75, 3.05) is 7.05 Å². The lowest BCUT2D eigenvalue weighted by Crippen LogP contribution is -2.27. The highest BCUT2D eigenvalue weighted by molar-refractivity contribution is 9.10. The molecule has 0 atom stereocenters. The fourth-order valence-electron chi connectivity index (χ4n) is 1.85. The molecule has 1 aromatic heterocycles. The molecule has 0 amide bonds. The van der Waals surface area contributed by atoms with Gasteiger partial charge in [0.05, 0.1) is 17.1 Å². The minimum absolute atomic E-state index is 0.211. The van der Waals surface area contributed by atoms with E-state index in [-0.39, 0.29) is 11.4 Å². The summed E-state index contributed by atoms with van der Waals surface area (Å²) in [6.07, 6.45) is 1.64. The van der Waals surface area contributed by atoms with Crippen molar-refractivity contribution in [1.82, 2.24) is 9.29 Å². The SMILES string of the molecule is CN(Cc1ccccn1)S(=O)(=O)c1cc(CN)ccc1Br. The van der Waals surface area contributed by atoms with Gasteiger partial charge < -0.3 is 5.73 Å². The van der Waals surface area contributed by atoms with Gasteiger partial charge in [-0.1, -0.05) is 12.1 Å². The number of sulfonamides is 1. The van der Waals surface area contributed by atoms with Gasteiger partial charge in [0.2, 0.25) is 10.0 Å². The number of nitrogens with zero attached hydrogens (tertiary/aromatic N) is 2. The molecule has 0 aliphatic heterocycles. The monoisotopic (exact) mass is 369 g/mol. The molecule has 21 heavy (non-hydrogen) atoms. The maximum absolute atomic E-state index is 12.7. The van der Waals surface area contributed by atoms with Crippen LogP contribution in [0.3, 0.4) is 0 Å². The molecule has 112 valence electrons. The molecular formula is C14H16BrN3O2S. The molecule has 2 aromatic rings. The van der Waals surface area contributed by atoms with Gasteiger partial charge in [-0.25, -0.2) is 8.42 Å². The first-order chi connectivity index (χ1) is 9.95. The second-order valence-corrected chi connectivity index (χ2v) is 7.42. The van der Waals surface area contributed by atoms with Gasteiger partial charge in [0, 0.05) is 24.3 Å². The second-order valence-electron chi connectivity index (χ2n) is 4.55. The largest absolute Gasteiger partial charge is 0.326 e. The normalized spacial score (nSPS) is 11.8. The van der Waals surface area contributed by atoms with E-state index in [0.29, 0.717) is 16.7 Å². The van der Waals surface area contributed by atoms with Crippen LogP contribution in [0.2, 0.25) is 0 Å². The number of rotatable bonds is 5. The molecular weight excluding hydrogens is 354 g/mol. The summed E-state index contributed by atoms with van der Waals surface area (Å²) in [7, 11) is -2.08. The van der Waals surface area contributed by atoms with Crippen LogP contribution in [0.4, 0.5) is 0 Å². The number of pyridine rings is 1. The fraction of sp³-hybridized carbons (Fsp3) is 0.214. The summed E-state index contributed by atoms with van der Waals surface area (Å²) in [5.41, 5.74) is 7.03. The van der Waals surface area contributed by atoms with Crippen molar-refractivity contribution in [2.45, 2.75) is 18.0 Å². The maximum atomic E-state index is 12.7. The minimum Gasteiger partial charge on any atom is -0.326 e. The molecule has 0 aliphatic carbocycles. The first kappa shape index (κ1) is 16.1. The summed E-state index contributed by atoms with van der Waals surface area (Å²) >= 11 is 3.29. The third-order valence-electron chi connectivity index (χ3n) is 3.03. The highest BCUT2D eigenvalue weighted by Crippen LogP contribution is 2.26. The predicted molar refractivity (Wildman–Crippen MR) is 84.9 cm³/mol. The standard InChI is InChI=1S/C14H16BrN3O2S/c1-18(10-12-4-2-3-7-17-12)21(19,20)14-8-11(9-16)5-6-13(14)15/h2-8H,9-10,16H2,1H3. The van der Waals surface area contributed by atoms with Gasteiger partial charge in [-0.15, -0.1) is 0 Å². The fourth-order valence-corrected chi connectivity index (χ4v) is 3.96. The molecule has 5 nitrogen and oxygen atoms in total. The molecule has 0 saturated heterocycles. The molecule has 7 heteroatoms. The zero-order valence-electron chi connectivity index (χ0n) is 11.5. The van der Waals surface area contributed by atoms with E-state index < -0.39 is 10.0 Å². The lowest BCUT2D eigenvalue weighted by molar-refractivity contribution is 0.461. The Morgan fingerprint density at radius 2 is 2.05 bits per heavy atom. The van der Waals surface area contributed by atoms with E-state index in [1.165, 1.54) is 11.4 Å². The summed E-state index contributed by atoms with van der Waals surface area (Å²) in [6.45, 7) is 0.502. The molecule has 0 spiro atoms. The van der Waals surface area contributed by atoms with Crippen LogP contribution in [0.25, 0.3) is 0 Å². The Kier molecular flexibility index (Phi) is 5.10. The van der Waals surface area contributed by atoms with Crippen LogP contribution in [-0.2, 0) is 23.1 Å². The Hall–Kier alpha value is -1.28. The van der Waals surface area contributed by atoms with Crippen molar-refractivity contribution in [1.29, 1.82) is 0 Å². The van der Waals surface area contributed by atoms with Crippen molar-refractivity contribution >= 4 is 26.0 Å². The van der Waals surface area contributed by atoms with E-state index in [4.69, 9.17) is 5.73 Å². The topological polar surface area (TPSA) is 76.3 Å². The number of nitrogens with two attached hydrogens (primary N) is 1. The van der Waals surface area contributed by atoms with E-state index in [1.807, 2.05) is 6.07 Å². The van der Waals surface area contributed by atoms with Crippen molar-refractivity contribution in [3.05, 3.63) is 58.3 Å². The minimum atomic E-state index is -3.61.